The molecular formula is C25H29B4F3N4O5S. The number of benzene rings is 1. The largest absolute Gasteiger partial charge is 0.435 e. The van der Waals surface area contributed by atoms with Crippen molar-refractivity contribution < 1.29 is 38.0 Å². The summed E-state index contributed by atoms with van der Waals surface area (Å²) in [4.78, 5) is 14.1. The molecule has 1 aliphatic heterocycles. The van der Waals surface area contributed by atoms with Crippen LogP contribution in [0.15, 0.2) is 28.8 Å². The minimum atomic E-state index is -3.35. The summed E-state index contributed by atoms with van der Waals surface area (Å²) >= 11 is 1.83. The highest BCUT2D eigenvalue weighted by Crippen LogP contribution is 2.36. The molecule has 42 heavy (non-hydrogen) atoms. The van der Waals surface area contributed by atoms with Gasteiger partial charge in [-0.2, -0.15) is 25.8 Å². The van der Waals surface area contributed by atoms with E-state index in [9.17, 15) is 33.3 Å². The van der Waals surface area contributed by atoms with Crippen LogP contribution in [0.3, 0.4) is 0 Å². The SMILES string of the molecule is N#CC1(NC=O)CCSCC1.[B]C([B])(O)C([B])(/N=C1\C[C@H](C)CC\C1=C(\N)c1cc(OC(F)F)ccc1F)C([B])(O)O. The molecule has 17 heteroatoms. The van der Waals surface area contributed by atoms with E-state index in [0.717, 1.165) is 42.5 Å². The van der Waals surface area contributed by atoms with Crippen LogP contribution in [0.5, 0.6) is 5.75 Å². The van der Waals surface area contributed by atoms with Crippen molar-refractivity contribution in [2.45, 2.75) is 67.7 Å². The van der Waals surface area contributed by atoms with Crippen molar-refractivity contribution in [3.63, 3.8) is 0 Å². The first-order valence-electron chi connectivity index (χ1n) is 12.7. The number of rotatable bonds is 8. The Morgan fingerprint density at radius 1 is 1.29 bits per heavy atom. The second-order valence-corrected chi connectivity index (χ2v) is 11.4. The normalized spacial score (nSPS) is 22.6. The summed E-state index contributed by atoms with van der Waals surface area (Å²) in [5.74, 6) is 0.792. The molecule has 2 atom stereocenters. The van der Waals surface area contributed by atoms with E-state index in [2.05, 4.69) is 21.1 Å². The summed E-state index contributed by atoms with van der Waals surface area (Å²) in [6.07, 6.45) is 3.15. The number of hydrogen-bond donors (Lipinski definition) is 5. The molecule has 218 valence electrons. The van der Waals surface area contributed by atoms with Crippen molar-refractivity contribution in [2.75, 3.05) is 11.5 Å². The van der Waals surface area contributed by atoms with Gasteiger partial charge in [-0.05, 0) is 73.3 Å². The molecular weight excluding hydrogens is 569 g/mol. The van der Waals surface area contributed by atoms with Crippen LogP contribution in [-0.2, 0) is 4.79 Å². The molecule has 6 N–H and O–H groups in total. The predicted octanol–water partition coefficient (Wildman–Crippen LogP) is 0.534. The third kappa shape index (κ3) is 8.75. The Labute approximate surface area is 252 Å². The van der Waals surface area contributed by atoms with Crippen LogP contribution in [0, 0.1) is 23.1 Å². The molecule has 8 radical (unpaired) electrons. The number of ether oxygens (including phenoxy) is 1. The fraction of sp³-hybridized carbons (Fsp3) is 0.560. The van der Waals surface area contributed by atoms with E-state index in [1.165, 1.54) is 0 Å². The number of nitrogens with one attached hydrogen (secondary N) is 1. The third-order valence-corrected chi connectivity index (χ3v) is 7.92. The standard InChI is InChI=1S/C18H19B4F3N2O4.C7H10N2OS/c1-8-2-4-10(13(6-8)27-16(19,17(20,21)28)18(22,29)30)14(26)11-7-9(31-15(24)25)3-5-12(11)23;8-5-7(9-6-10)1-3-11-4-2-7/h3,5,7-8,15,28-30H,2,4,6,26H2,1H3;6H,1-4H2,(H,9,10)/b14-10-,27-13+;/t8-,16?;/m1./s1. The molecule has 0 aromatic heterocycles. The number of carbonyl (C=O) groups is 1. The monoisotopic (exact) mass is 598 g/mol. The number of aliphatic imine (C=N–C) groups is 1. The van der Waals surface area contributed by atoms with Gasteiger partial charge in [0.1, 0.15) is 46.3 Å². The Kier molecular flexibility index (Phi) is 12.1. The minimum absolute atomic E-state index is 0.00565. The van der Waals surface area contributed by atoms with Crippen LogP contribution in [-0.4, -0.2) is 99.0 Å². The number of allylic oxidation sites excluding steroid dienone is 1. The highest BCUT2D eigenvalue weighted by atomic mass is 32.2. The molecule has 2 fully saturated rings. The molecule has 1 amide bonds. The van der Waals surface area contributed by atoms with Gasteiger partial charge in [0.15, 0.2) is 7.85 Å². The lowest BCUT2D eigenvalue weighted by atomic mass is 9.42. The zero-order valence-corrected chi connectivity index (χ0v) is 23.7. The molecule has 1 unspecified atom stereocenters. The molecule has 1 heterocycles. The maximum absolute atomic E-state index is 14.4. The number of halogens is 3. The summed E-state index contributed by atoms with van der Waals surface area (Å²) in [5.41, 5.74) is -0.862. The third-order valence-electron chi connectivity index (χ3n) is 6.93. The first kappa shape index (κ1) is 35.7. The van der Waals surface area contributed by atoms with Crippen molar-refractivity contribution in [1.82, 2.24) is 5.32 Å². The maximum atomic E-state index is 14.4. The van der Waals surface area contributed by atoms with Crippen molar-refractivity contribution in [2.24, 2.45) is 16.6 Å². The van der Waals surface area contributed by atoms with Crippen LogP contribution in [0.4, 0.5) is 13.2 Å². The molecule has 3 rings (SSSR count). The van der Waals surface area contributed by atoms with E-state index < -0.39 is 34.5 Å². The van der Waals surface area contributed by atoms with E-state index >= 15 is 0 Å². The highest BCUT2D eigenvalue weighted by Gasteiger charge is 2.50. The van der Waals surface area contributed by atoms with Crippen LogP contribution < -0.4 is 15.8 Å². The van der Waals surface area contributed by atoms with Gasteiger partial charge < -0.3 is 31.1 Å². The van der Waals surface area contributed by atoms with Crippen molar-refractivity contribution in [1.29, 1.82) is 5.26 Å². The summed E-state index contributed by atoms with van der Waals surface area (Å²) in [6.45, 7) is -1.28. The Morgan fingerprint density at radius 2 is 1.90 bits per heavy atom. The molecule has 9 nitrogen and oxygen atoms in total. The molecule has 1 aromatic carbocycles. The van der Waals surface area contributed by atoms with Crippen LogP contribution >= 0.6 is 11.8 Å². The number of carbonyl (C=O) groups excluding carboxylic acids is 1. The van der Waals surface area contributed by atoms with Crippen LogP contribution in [0.2, 0.25) is 0 Å². The quantitative estimate of drug-likeness (QED) is 0.165. The van der Waals surface area contributed by atoms with Crippen molar-refractivity contribution in [3.8, 4) is 11.8 Å². The fourth-order valence-electron chi connectivity index (χ4n) is 4.34. The number of hydrogen-bond acceptors (Lipinski definition) is 9. The van der Waals surface area contributed by atoms with Gasteiger partial charge in [-0.25, -0.2) is 4.39 Å². The first-order valence-corrected chi connectivity index (χ1v) is 13.9. The summed E-state index contributed by atoms with van der Waals surface area (Å²) in [6, 6.07) is 5.06. The van der Waals surface area contributed by atoms with Gasteiger partial charge in [0.25, 0.3) is 0 Å². The number of thioether (sulfide) groups is 1. The smallest absolute Gasteiger partial charge is 0.387 e. The summed E-state index contributed by atoms with van der Waals surface area (Å²) in [7, 11) is 21.8. The van der Waals surface area contributed by atoms with Gasteiger partial charge in [0, 0.05) is 22.4 Å². The Hall–Kier alpha value is -2.53. The number of nitrogens with zero attached hydrogens (tertiary/aromatic N) is 2. The first-order chi connectivity index (χ1) is 19.4. The summed E-state index contributed by atoms with van der Waals surface area (Å²) < 4.78 is 43.8. The molecule has 1 saturated carbocycles. The van der Waals surface area contributed by atoms with Crippen LogP contribution in [0.25, 0.3) is 5.70 Å². The Balaban J connectivity index is 0.000000468. The summed E-state index contributed by atoms with van der Waals surface area (Å²) in [5, 5.41) is 38.1. The van der Waals surface area contributed by atoms with Gasteiger partial charge in [0.05, 0.1) is 11.5 Å². The van der Waals surface area contributed by atoms with Crippen molar-refractivity contribution in [3.05, 3.63) is 35.2 Å². The van der Waals surface area contributed by atoms with Gasteiger partial charge in [-0.1, -0.05) is 6.92 Å². The zero-order chi connectivity index (χ0) is 31.9. The molecule has 0 bridgehead atoms. The fourth-order valence-corrected chi connectivity index (χ4v) is 5.53. The van der Waals surface area contributed by atoms with Gasteiger partial charge in [0.2, 0.25) is 6.41 Å². The van der Waals surface area contributed by atoms with Gasteiger partial charge >= 0.3 is 6.61 Å². The average molecular weight is 598 g/mol. The Bertz CT molecular complexity index is 1200. The molecule has 2 aliphatic rings. The average Bonchev–Trinajstić information content (AvgIpc) is 2.89. The molecule has 1 aliphatic carbocycles. The lowest BCUT2D eigenvalue weighted by Crippen LogP contribution is -2.69. The van der Waals surface area contributed by atoms with E-state index in [4.69, 9.17) is 42.4 Å². The minimum Gasteiger partial charge on any atom is -0.435 e. The van der Waals surface area contributed by atoms with Crippen molar-refractivity contribution >= 4 is 61.0 Å². The molecule has 0 spiro atoms. The lowest BCUT2D eigenvalue weighted by molar-refractivity contribution is -0.136. The van der Waals surface area contributed by atoms with E-state index in [1.54, 1.807) is 0 Å². The van der Waals surface area contributed by atoms with E-state index in [0.29, 0.717) is 12.8 Å². The van der Waals surface area contributed by atoms with Crippen LogP contribution in [0.1, 0.15) is 44.6 Å². The second kappa shape index (κ2) is 14.3. The number of alkyl halides is 2. The topological polar surface area (TPSA) is 161 Å². The Morgan fingerprint density at radius 3 is 2.40 bits per heavy atom. The van der Waals surface area contributed by atoms with Gasteiger partial charge in [-0.3, -0.25) is 9.79 Å². The number of amides is 1. The maximum Gasteiger partial charge on any atom is 0.387 e. The highest BCUT2D eigenvalue weighted by molar-refractivity contribution is 7.99. The predicted molar refractivity (Wildman–Crippen MR) is 157 cm³/mol. The molecule has 1 aromatic rings. The number of aliphatic hydroxyl groups is 3. The number of nitriles is 1. The lowest BCUT2D eigenvalue weighted by Gasteiger charge is -2.47. The van der Waals surface area contributed by atoms with Gasteiger partial charge in [-0.15, -0.1) is 0 Å². The molecule has 1 saturated heterocycles. The van der Waals surface area contributed by atoms with E-state index in [-0.39, 0.29) is 47.1 Å². The van der Waals surface area contributed by atoms with E-state index in [1.807, 2.05) is 18.7 Å². The second-order valence-electron chi connectivity index (χ2n) is 10.2. The number of nitrogens with two attached hydrogens (primary N) is 1. The zero-order valence-electron chi connectivity index (χ0n) is 22.9.